The van der Waals surface area contributed by atoms with E-state index in [9.17, 15) is 14.0 Å². The van der Waals surface area contributed by atoms with E-state index in [1.807, 2.05) is 24.8 Å². The fourth-order valence-electron chi connectivity index (χ4n) is 4.46. The second-order valence-electron chi connectivity index (χ2n) is 8.79. The largest absolute Gasteiger partial charge is 0.382 e. The van der Waals surface area contributed by atoms with Crippen molar-refractivity contribution in [1.29, 1.82) is 0 Å². The first-order chi connectivity index (χ1) is 15.5. The van der Waals surface area contributed by atoms with Crippen molar-refractivity contribution in [1.82, 2.24) is 15.5 Å². The van der Waals surface area contributed by atoms with Gasteiger partial charge in [0, 0.05) is 57.9 Å². The van der Waals surface area contributed by atoms with Gasteiger partial charge in [-0.1, -0.05) is 6.07 Å². The normalized spacial score (nSPS) is 19.7. The summed E-state index contributed by atoms with van der Waals surface area (Å²) in [7, 11) is 0. The van der Waals surface area contributed by atoms with Gasteiger partial charge in [-0.05, 0) is 63.6 Å². The molecule has 2 heterocycles. The Morgan fingerprint density at radius 2 is 1.97 bits per heavy atom. The molecule has 0 bridgehead atoms. The number of amides is 3. The number of piperidine rings is 2. The molecule has 0 aliphatic carbocycles. The highest BCUT2D eigenvalue weighted by atomic mass is 19.1. The minimum atomic E-state index is -0.221. The zero-order valence-electron chi connectivity index (χ0n) is 19.4. The van der Waals surface area contributed by atoms with Crippen LogP contribution < -0.4 is 15.5 Å². The lowest BCUT2D eigenvalue weighted by molar-refractivity contribution is -0.126. The smallest absolute Gasteiger partial charge is 0.317 e. The molecule has 7 nitrogen and oxygen atoms in total. The molecular weight excluding hydrogens is 411 g/mol. The van der Waals surface area contributed by atoms with Crippen LogP contribution in [0.5, 0.6) is 0 Å². The molecule has 178 valence electrons. The molecule has 2 N–H and O–H groups in total. The highest BCUT2D eigenvalue weighted by Crippen LogP contribution is 2.25. The van der Waals surface area contributed by atoms with Crippen molar-refractivity contribution in [2.24, 2.45) is 5.92 Å². The van der Waals surface area contributed by atoms with Gasteiger partial charge in [-0.2, -0.15) is 0 Å². The number of ether oxygens (including phenoxy) is 1. The quantitative estimate of drug-likeness (QED) is 0.600. The molecule has 2 fully saturated rings. The number of urea groups is 1. The molecule has 1 aromatic carbocycles. The van der Waals surface area contributed by atoms with Gasteiger partial charge in [0.2, 0.25) is 5.91 Å². The first-order valence-corrected chi connectivity index (χ1v) is 11.9. The lowest BCUT2D eigenvalue weighted by atomic mass is 9.96. The fourth-order valence-corrected chi connectivity index (χ4v) is 4.46. The number of anilines is 1. The van der Waals surface area contributed by atoms with Crippen LogP contribution in [0.1, 0.15) is 44.6 Å². The predicted molar refractivity (Wildman–Crippen MR) is 123 cm³/mol. The van der Waals surface area contributed by atoms with Gasteiger partial charge < -0.3 is 25.2 Å². The molecule has 3 amide bonds. The first-order valence-electron chi connectivity index (χ1n) is 11.9. The Labute approximate surface area is 190 Å². The molecule has 1 aromatic rings. The van der Waals surface area contributed by atoms with Crippen LogP contribution >= 0.6 is 0 Å². The average Bonchev–Trinajstić information content (AvgIpc) is 2.80. The van der Waals surface area contributed by atoms with Gasteiger partial charge in [0.15, 0.2) is 0 Å². The topological polar surface area (TPSA) is 73.9 Å². The summed E-state index contributed by atoms with van der Waals surface area (Å²) >= 11 is 0. The third-order valence-corrected chi connectivity index (χ3v) is 6.31. The minimum absolute atomic E-state index is 0.0116. The highest BCUT2D eigenvalue weighted by molar-refractivity contribution is 5.79. The Morgan fingerprint density at radius 3 is 2.72 bits per heavy atom. The van der Waals surface area contributed by atoms with Gasteiger partial charge >= 0.3 is 6.03 Å². The van der Waals surface area contributed by atoms with E-state index in [1.165, 1.54) is 6.07 Å². The fraction of sp³-hybridized carbons (Fsp3) is 0.667. The van der Waals surface area contributed by atoms with Crippen LogP contribution in [-0.4, -0.2) is 68.8 Å². The van der Waals surface area contributed by atoms with Gasteiger partial charge in [-0.25, -0.2) is 9.18 Å². The van der Waals surface area contributed by atoms with E-state index in [0.29, 0.717) is 57.9 Å². The number of hydrogen-bond acceptors (Lipinski definition) is 4. The predicted octanol–water partition coefficient (Wildman–Crippen LogP) is 3.07. The van der Waals surface area contributed by atoms with Gasteiger partial charge in [-0.15, -0.1) is 0 Å². The molecule has 0 aromatic heterocycles. The van der Waals surface area contributed by atoms with E-state index in [0.717, 1.165) is 31.4 Å². The second kappa shape index (κ2) is 12.0. The first kappa shape index (κ1) is 24.3. The number of likely N-dealkylation sites (tertiary alicyclic amines) is 1. The van der Waals surface area contributed by atoms with Crippen LogP contribution in [0.25, 0.3) is 0 Å². The molecule has 8 heteroatoms. The van der Waals surface area contributed by atoms with Gasteiger partial charge in [-0.3, -0.25) is 4.79 Å². The SMILES string of the molecule is CCOCCCNC(=O)C1CCN(C(=O)NC2CCCN(c3cc(C)ccc3F)C2)CC1. The summed E-state index contributed by atoms with van der Waals surface area (Å²) in [6, 6.07) is 5.05. The van der Waals surface area contributed by atoms with Gasteiger partial charge in [0.25, 0.3) is 0 Å². The molecule has 0 spiro atoms. The maximum atomic E-state index is 14.3. The molecule has 2 aliphatic heterocycles. The zero-order valence-corrected chi connectivity index (χ0v) is 19.4. The Morgan fingerprint density at radius 1 is 1.19 bits per heavy atom. The monoisotopic (exact) mass is 448 g/mol. The number of halogens is 1. The van der Waals surface area contributed by atoms with Gasteiger partial charge in [0.1, 0.15) is 5.82 Å². The summed E-state index contributed by atoms with van der Waals surface area (Å²) in [6.45, 7) is 8.43. The van der Waals surface area contributed by atoms with E-state index in [4.69, 9.17) is 4.74 Å². The van der Waals surface area contributed by atoms with Crippen molar-refractivity contribution in [2.45, 2.75) is 52.0 Å². The number of benzene rings is 1. The summed E-state index contributed by atoms with van der Waals surface area (Å²) in [4.78, 5) is 28.9. The zero-order chi connectivity index (χ0) is 22.9. The third kappa shape index (κ3) is 6.82. The van der Waals surface area contributed by atoms with Crippen molar-refractivity contribution >= 4 is 17.6 Å². The number of carbonyl (C=O) groups is 2. The molecule has 1 unspecified atom stereocenters. The maximum absolute atomic E-state index is 14.3. The van der Waals surface area contributed by atoms with Gasteiger partial charge in [0.05, 0.1) is 5.69 Å². The van der Waals surface area contributed by atoms with E-state index in [1.54, 1.807) is 11.0 Å². The molecule has 32 heavy (non-hydrogen) atoms. The molecular formula is C24H37FN4O3. The number of hydrogen-bond donors (Lipinski definition) is 2. The van der Waals surface area contributed by atoms with Crippen LogP contribution in [-0.2, 0) is 9.53 Å². The Bertz CT molecular complexity index is 768. The Hall–Kier alpha value is -2.35. The number of nitrogens with one attached hydrogen (secondary N) is 2. The molecule has 0 radical (unpaired) electrons. The van der Waals surface area contributed by atoms with Crippen LogP contribution in [0, 0.1) is 18.7 Å². The van der Waals surface area contributed by atoms with Crippen LogP contribution in [0.2, 0.25) is 0 Å². The lowest BCUT2D eigenvalue weighted by Crippen LogP contribution is -2.53. The van der Waals surface area contributed by atoms with E-state index < -0.39 is 0 Å². The lowest BCUT2D eigenvalue weighted by Gasteiger charge is -2.37. The minimum Gasteiger partial charge on any atom is -0.382 e. The number of nitrogens with zero attached hydrogens (tertiary/aromatic N) is 2. The molecule has 3 rings (SSSR count). The van der Waals surface area contributed by atoms with Crippen LogP contribution in [0.15, 0.2) is 18.2 Å². The van der Waals surface area contributed by atoms with E-state index in [-0.39, 0.29) is 29.7 Å². The summed E-state index contributed by atoms with van der Waals surface area (Å²) in [6.07, 6.45) is 3.96. The van der Waals surface area contributed by atoms with Crippen molar-refractivity contribution in [3.63, 3.8) is 0 Å². The van der Waals surface area contributed by atoms with Crippen molar-refractivity contribution < 1.29 is 18.7 Å². The average molecular weight is 449 g/mol. The van der Waals surface area contributed by atoms with Crippen LogP contribution in [0.3, 0.4) is 0 Å². The van der Waals surface area contributed by atoms with Crippen LogP contribution in [0.4, 0.5) is 14.9 Å². The summed E-state index contributed by atoms with van der Waals surface area (Å²) < 4.78 is 19.6. The molecule has 2 saturated heterocycles. The Kier molecular flexibility index (Phi) is 9.14. The summed E-state index contributed by atoms with van der Waals surface area (Å²) in [5.41, 5.74) is 1.63. The van der Waals surface area contributed by atoms with E-state index in [2.05, 4.69) is 10.6 Å². The third-order valence-electron chi connectivity index (χ3n) is 6.31. The summed E-state index contributed by atoms with van der Waals surface area (Å²) in [5, 5.41) is 6.10. The number of rotatable bonds is 8. The van der Waals surface area contributed by atoms with Crippen molar-refractivity contribution in [3.05, 3.63) is 29.6 Å². The van der Waals surface area contributed by atoms with E-state index >= 15 is 0 Å². The molecule has 0 saturated carbocycles. The number of carbonyl (C=O) groups excluding carboxylic acids is 2. The molecule has 2 aliphatic rings. The summed E-state index contributed by atoms with van der Waals surface area (Å²) in [5.74, 6) is -0.189. The standard InChI is InChI=1S/C24H37FN4O3/c1-3-32-15-5-11-26-23(30)19-9-13-28(14-10-19)24(31)27-20-6-4-12-29(17-20)22-16-18(2)7-8-21(22)25/h7-8,16,19-20H,3-6,9-15,17H2,1-2H3,(H,26,30)(H,27,31). The van der Waals surface area contributed by atoms with Crippen molar-refractivity contribution in [2.75, 3.05) is 50.8 Å². The Balaban J connectivity index is 1.41. The number of aryl methyl sites for hydroxylation is 1. The molecule has 1 atom stereocenters. The second-order valence-corrected chi connectivity index (χ2v) is 8.79. The van der Waals surface area contributed by atoms with Crippen molar-refractivity contribution in [3.8, 4) is 0 Å². The maximum Gasteiger partial charge on any atom is 0.317 e. The highest BCUT2D eigenvalue weighted by Gasteiger charge is 2.29.